The van der Waals surface area contributed by atoms with Gasteiger partial charge in [-0.3, -0.25) is 9.69 Å². The number of carbonyl (C=O) groups excluding carboxylic acids is 3. The number of amides is 2. The van der Waals surface area contributed by atoms with E-state index in [2.05, 4.69) is 6.58 Å². The van der Waals surface area contributed by atoms with E-state index in [1.807, 2.05) is 26.0 Å². The number of hydrogen-bond acceptors (Lipinski definition) is 5. The summed E-state index contributed by atoms with van der Waals surface area (Å²) in [5.41, 5.74) is -0.675. The number of allylic oxidation sites excluding steroid dienone is 1. The molecule has 0 saturated carbocycles. The predicted octanol–water partition coefficient (Wildman–Crippen LogP) is 3.93. The summed E-state index contributed by atoms with van der Waals surface area (Å²) in [6, 6.07) is -1.85. The van der Waals surface area contributed by atoms with Crippen LogP contribution in [0, 0.1) is 5.92 Å². The quantitative estimate of drug-likeness (QED) is 0.437. The molecule has 1 heterocycles. The molecule has 0 radical (unpaired) electrons. The van der Waals surface area contributed by atoms with Crippen LogP contribution < -0.4 is 0 Å². The Kier molecular flexibility index (Phi) is 9.59. The van der Waals surface area contributed by atoms with E-state index in [4.69, 9.17) is 9.47 Å². The Hall–Kier alpha value is -2.31. The van der Waals surface area contributed by atoms with Crippen molar-refractivity contribution in [3.8, 4) is 0 Å². The zero-order chi connectivity index (χ0) is 23.1. The van der Waals surface area contributed by atoms with Crippen LogP contribution in [-0.2, 0) is 19.1 Å². The van der Waals surface area contributed by atoms with Crippen LogP contribution in [0.4, 0.5) is 4.79 Å². The third-order valence-electron chi connectivity index (χ3n) is 5.21. The van der Waals surface area contributed by atoms with Gasteiger partial charge < -0.3 is 14.4 Å². The van der Waals surface area contributed by atoms with Crippen molar-refractivity contribution in [2.24, 2.45) is 5.92 Å². The highest BCUT2D eigenvalue weighted by Crippen LogP contribution is 2.30. The molecule has 0 N–H and O–H groups in total. The molecule has 1 aliphatic rings. The Morgan fingerprint density at radius 1 is 1.27 bits per heavy atom. The van der Waals surface area contributed by atoms with Gasteiger partial charge in [-0.25, -0.2) is 9.59 Å². The summed E-state index contributed by atoms with van der Waals surface area (Å²) in [7, 11) is 1.30. The Bertz CT molecular complexity index is 652. The van der Waals surface area contributed by atoms with E-state index in [-0.39, 0.29) is 17.9 Å². The van der Waals surface area contributed by atoms with E-state index in [1.165, 1.54) is 12.0 Å². The molecule has 0 spiro atoms. The van der Waals surface area contributed by atoms with Crippen LogP contribution in [0.3, 0.4) is 0 Å². The van der Waals surface area contributed by atoms with Crippen LogP contribution in [0.25, 0.3) is 0 Å². The number of likely N-dealkylation sites (tertiary alicyclic amines) is 1. The van der Waals surface area contributed by atoms with Gasteiger partial charge in [-0.1, -0.05) is 32.1 Å². The number of esters is 1. The Morgan fingerprint density at radius 3 is 2.37 bits per heavy atom. The molecular formula is C23H38N2O5. The zero-order valence-corrected chi connectivity index (χ0v) is 19.5. The SMILES string of the molecule is C=C[C@@H]1CCN(C(=O)OC(C)(C)C)[C@H]1C(=O)N([C@@H](/C=C/CC)CC)[C@@H](C)C(=O)OC. The van der Waals surface area contributed by atoms with Crippen molar-refractivity contribution in [2.75, 3.05) is 13.7 Å². The van der Waals surface area contributed by atoms with Gasteiger partial charge in [-0.2, -0.15) is 0 Å². The number of rotatable bonds is 8. The first-order valence-corrected chi connectivity index (χ1v) is 10.7. The monoisotopic (exact) mass is 422 g/mol. The molecule has 0 aromatic heterocycles. The van der Waals surface area contributed by atoms with Crippen molar-refractivity contribution < 1.29 is 23.9 Å². The summed E-state index contributed by atoms with van der Waals surface area (Å²) in [4.78, 5) is 42.0. The molecule has 7 nitrogen and oxygen atoms in total. The van der Waals surface area contributed by atoms with Gasteiger partial charge in [-0.05, 0) is 47.0 Å². The predicted molar refractivity (Wildman–Crippen MR) is 117 cm³/mol. The maximum atomic E-state index is 13.8. The minimum atomic E-state index is -0.791. The first kappa shape index (κ1) is 25.7. The van der Waals surface area contributed by atoms with Crippen molar-refractivity contribution in [1.29, 1.82) is 0 Å². The van der Waals surface area contributed by atoms with E-state index in [1.54, 1.807) is 38.7 Å². The molecule has 0 bridgehead atoms. The van der Waals surface area contributed by atoms with E-state index in [9.17, 15) is 14.4 Å². The second-order valence-corrected chi connectivity index (χ2v) is 8.56. The molecule has 1 fully saturated rings. The second-order valence-electron chi connectivity index (χ2n) is 8.56. The smallest absolute Gasteiger partial charge is 0.410 e. The molecule has 0 aromatic carbocycles. The van der Waals surface area contributed by atoms with Gasteiger partial charge in [0.2, 0.25) is 5.91 Å². The highest BCUT2D eigenvalue weighted by molar-refractivity contribution is 5.91. The number of carbonyl (C=O) groups is 3. The number of hydrogen-bond donors (Lipinski definition) is 0. The standard InChI is InChI=1S/C23H38N2O5/c1-9-12-13-18(11-3)25(16(4)21(27)29-8)20(26)19-17(10-2)14-15-24(19)22(28)30-23(5,6)7/h10,12-13,16-19H,2,9,11,14-15H2,1,3-8H3/b13-12+/t16-,17+,18+,19+/m0/s1. The summed E-state index contributed by atoms with van der Waals surface area (Å²) in [5, 5.41) is 0. The number of ether oxygens (including phenoxy) is 2. The van der Waals surface area contributed by atoms with Crippen molar-refractivity contribution >= 4 is 18.0 Å². The Labute approximate surface area is 181 Å². The van der Waals surface area contributed by atoms with Crippen molar-refractivity contribution in [3.63, 3.8) is 0 Å². The summed E-state index contributed by atoms with van der Waals surface area (Å²) >= 11 is 0. The molecule has 0 aromatic rings. The lowest BCUT2D eigenvalue weighted by molar-refractivity contribution is -0.155. The normalized spacial score (nSPS) is 21.2. The Balaban J connectivity index is 3.36. The lowest BCUT2D eigenvalue weighted by Crippen LogP contribution is -2.57. The molecule has 0 aliphatic carbocycles. The highest BCUT2D eigenvalue weighted by atomic mass is 16.6. The molecule has 2 amide bonds. The van der Waals surface area contributed by atoms with Gasteiger partial charge in [0.05, 0.1) is 13.2 Å². The van der Waals surface area contributed by atoms with Gasteiger partial charge in [0.25, 0.3) is 0 Å². The molecule has 1 rings (SSSR count). The fraction of sp³-hybridized carbons (Fsp3) is 0.696. The minimum absolute atomic E-state index is 0.218. The summed E-state index contributed by atoms with van der Waals surface area (Å²) < 4.78 is 10.4. The molecule has 4 atom stereocenters. The molecule has 1 saturated heterocycles. The van der Waals surface area contributed by atoms with Gasteiger partial charge in [0, 0.05) is 12.5 Å². The van der Waals surface area contributed by atoms with Gasteiger partial charge in [0.15, 0.2) is 0 Å². The average Bonchev–Trinajstić information content (AvgIpc) is 3.12. The summed E-state index contributed by atoms with van der Waals surface area (Å²) in [5.74, 6) is -1.01. The largest absolute Gasteiger partial charge is 0.467 e. The zero-order valence-electron chi connectivity index (χ0n) is 19.5. The molecule has 1 aliphatic heterocycles. The molecule has 30 heavy (non-hydrogen) atoms. The number of methoxy groups -OCH3 is 1. The first-order valence-electron chi connectivity index (χ1n) is 10.7. The number of nitrogens with zero attached hydrogens (tertiary/aromatic N) is 2. The molecule has 0 unspecified atom stereocenters. The molecule has 7 heteroatoms. The van der Waals surface area contributed by atoms with Crippen LogP contribution in [0.5, 0.6) is 0 Å². The molecule has 170 valence electrons. The van der Waals surface area contributed by atoms with Crippen LogP contribution in [-0.4, -0.2) is 65.2 Å². The van der Waals surface area contributed by atoms with E-state index >= 15 is 0 Å². The lowest BCUT2D eigenvalue weighted by Gasteiger charge is -2.38. The maximum Gasteiger partial charge on any atom is 0.410 e. The van der Waals surface area contributed by atoms with Crippen LogP contribution >= 0.6 is 0 Å². The van der Waals surface area contributed by atoms with Gasteiger partial charge in [-0.15, -0.1) is 6.58 Å². The fourth-order valence-electron chi connectivity index (χ4n) is 3.70. The van der Waals surface area contributed by atoms with Crippen LogP contribution in [0.1, 0.15) is 60.8 Å². The van der Waals surface area contributed by atoms with E-state index in [0.29, 0.717) is 19.4 Å². The van der Waals surface area contributed by atoms with E-state index < -0.39 is 29.7 Å². The van der Waals surface area contributed by atoms with E-state index in [0.717, 1.165) is 6.42 Å². The van der Waals surface area contributed by atoms with Gasteiger partial charge >= 0.3 is 12.1 Å². The molecular weight excluding hydrogens is 384 g/mol. The summed E-state index contributed by atoms with van der Waals surface area (Å²) in [6.45, 7) is 15.2. The fourth-order valence-corrected chi connectivity index (χ4v) is 3.70. The van der Waals surface area contributed by atoms with Crippen LogP contribution in [0.2, 0.25) is 0 Å². The average molecular weight is 423 g/mol. The van der Waals surface area contributed by atoms with Crippen LogP contribution in [0.15, 0.2) is 24.8 Å². The highest BCUT2D eigenvalue weighted by Gasteiger charge is 2.46. The summed E-state index contributed by atoms with van der Waals surface area (Å²) in [6.07, 6.45) is 7.14. The van der Waals surface area contributed by atoms with Gasteiger partial charge in [0.1, 0.15) is 17.7 Å². The third-order valence-corrected chi connectivity index (χ3v) is 5.21. The lowest BCUT2D eigenvalue weighted by atomic mass is 9.97. The minimum Gasteiger partial charge on any atom is -0.467 e. The topological polar surface area (TPSA) is 76.2 Å². The van der Waals surface area contributed by atoms with Crippen molar-refractivity contribution in [3.05, 3.63) is 24.8 Å². The first-order chi connectivity index (χ1) is 14.0. The Morgan fingerprint density at radius 2 is 1.90 bits per heavy atom. The third kappa shape index (κ3) is 6.34. The maximum absolute atomic E-state index is 13.8. The second kappa shape index (κ2) is 11.2. The van der Waals surface area contributed by atoms with Crippen molar-refractivity contribution in [1.82, 2.24) is 9.80 Å². The van der Waals surface area contributed by atoms with Crippen molar-refractivity contribution in [2.45, 2.75) is 84.5 Å².